The summed E-state index contributed by atoms with van der Waals surface area (Å²) >= 11 is 0. The quantitative estimate of drug-likeness (QED) is 0.516. The van der Waals surface area contributed by atoms with E-state index in [0.29, 0.717) is 0 Å². The molecular weight excluding hydrogens is 271 g/mol. The van der Waals surface area contributed by atoms with E-state index in [1.807, 2.05) is 0 Å². The number of rotatable bonds is 4. The Labute approximate surface area is 112 Å². The van der Waals surface area contributed by atoms with E-state index in [0.717, 1.165) is 17.0 Å². The van der Waals surface area contributed by atoms with E-state index in [1.165, 1.54) is 6.07 Å². The molecule has 20 heavy (non-hydrogen) atoms. The molecule has 0 spiro atoms. The molecule has 8 nitrogen and oxygen atoms in total. The number of anilines is 1. The van der Waals surface area contributed by atoms with Crippen molar-refractivity contribution in [3.05, 3.63) is 40.0 Å². The van der Waals surface area contributed by atoms with Crippen LogP contribution in [0.15, 0.2) is 23.3 Å². The number of aromatic carboxylic acids is 1. The van der Waals surface area contributed by atoms with E-state index in [2.05, 4.69) is 10.0 Å². The number of benzene rings is 1. The Hall–Kier alpha value is -2.80. The zero-order chi connectivity index (χ0) is 14.7. The third kappa shape index (κ3) is 2.47. The average Bonchev–Trinajstić information content (AvgIpc) is 2.77. The second kappa shape index (κ2) is 5.45. The third-order valence-corrected chi connectivity index (χ3v) is 2.78. The fourth-order valence-electron chi connectivity index (χ4n) is 1.87. The van der Waals surface area contributed by atoms with Gasteiger partial charge in [0.05, 0.1) is 23.8 Å². The molecule has 1 aliphatic heterocycles. The molecule has 0 saturated carbocycles. The highest BCUT2D eigenvalue weighted by Gasteiger charge is 2.34. The number of carbonyl (C=O) groups is 2. The van der Waals surface area contributed by atoms with E-state index < -0.39 is 29.5 Å². The molecule has 1 heterocycles. The molecule has 1 aromatic carbocycles. The van der Waals surface area contributed by atoms with Crippen LogP contribution in [0.4, 0.5) is 14.9 Å². The number of ether oxygens (including phenoxy) is 1. The van der Waals surface area contributed by atoms with Gasteiger partial charge in [0, 0.05) is 4.91 Å². The summed E-state index contributed by atoms with van der Waals surface area (Å²) in [6.45, 7) is -0.00923. The molecule has 1 saturated heterocycles. The first-order valence-corrected chi connectivity index (χ1v) is 5.54. The predicted octanol–water partition coefficient (Wildman–Crippen LogP) is 2.16. The van der Waals surface area contributed by atoms with Gasteiger partial charge in [0.15, 0.2) is 0 Å². The van der Waals surface area contributed by atoms with Gasteiger partial charge >= 0.3 is 12.1 Å². The molecule has 0 aliphatic carbocycles. The molecule has 1 atom stereocenters. The highest BCUT2D eigenvalue weighted by atomic mass is 19.1. The van der Waals surface area contributed by atoms with Gasteiger partial charge in [-0.05, 0) is 23.7 Å². The van der Waals surface area contributed by atoms with Crippen LogP contribution in [0, 0.1) is 5.82 Å². The summed E-state index contributed by atoms with van der Waals surface area (Å²) in [5.41, 5.74) is 7.93. The number of hydrogen-bond acceptors (Lipinski definition) is 4. The van der Waals surface area contributed by atoms with Gasteiger partial charge in [-0.1, -0.05) is 5.11 Å². The summed E-state index contributed by atoms with van der Waals surface area (Å²) in [5, 5.41) is 12.1. The number of halogens is 1. The monoisotopic (exact) mass is 280 g/mol. The molecule has 0 bridgehead atoms. The maximum Gasteiger partial charge on any atom is 0.414 e. The molecule has 1 N–H and O–H groups in total. The fraction of sp³-hybridized carbons (Fsp3) is 0.273. The van der Waals surface area contributed by atoms with Crippen molar-refractivity contribution in [1.82, 2.24) is 0 Å². The number of carbonyl (C=O) groups excluding carboxylic acids is 1. The number of azide groups is 1. The smallest absolute Gasteiger partial charge is 0.414 e. The average molecular weight is 280 g/mol. The Morgan fingerprint density at radius 3 is 3.00 bits per heavy atom. The Bertz CT molecular complexity index is 614. The largest absolute Gasteiger partial charge is 0.478 e. The minimum atomic E-state index is -1.40. The lowest BCUT2D eigenvalue weighted by Gasteiger charge is -2.20. The lowest BCUT2D eigenvalue weighted by Crippen LogP contribution is -2.35. The Kier molecular flexibility index (Phi) is 3.72. The molecule has 9 heteroatoms. The van der Waals surface area contributed by atoms with Crippen molar-refractivity contribution in [1.29, 1.82) is 0 Å². The van der Waals surface area contributed by atoms with Crippen molar-refractivity contribution in [3.8, 4) is 0 Å². The van der Waals surface area contributed by atoms with Gasteiger partial charge in [-0.15, -0.1) is 0 Å². The first-order chi connectivity index (χ1) is 9.54. The predicted molar refractivity (Wildman–Crippen MR) is 65.0 cm³/mol. The van der Waals surface area contributed by atoms with Crippen molar-refractivity contribution in [2.45, 2.75) is 6.04 Å². The van der Waals surface area contributed by atoms with Gasteiger partial charge in [-0.2, -0.15) is 0 Å². The van der Waals surface area contributed by atoms with Gasteiger partial charge in [-0.3, -0.25) is 4.90 Å². The summed E-state index contributed by atoms with van der Waals surface area (Å²) in [6.07, 6.45) is -0.703. The topological polar surface area (TPSA) is 116 Å². The van der Waals surface area contributed by atoms with E-state index in [9.17, 15) is 14.0 Å². The zero-order valence-electron chi connectivity index (χ0n) is 10.1. The maximum atomic E-state index is 13.6. The summed E-state index contributed by atoms with van der Waals surface area (Å²) < 4.78 is 18.4. The van der Waals surface area contributed by atoms with Crippen LogP contribution in [0.3, 0.4) is 0 Å². The van der Waals surface area contributed by atoms with Crippen molar-refractivity contribution >= 4 is 17.7 Å². The molecule has 1 aromatic rings. The second-order valence-corrected chi connectivity index (χ2v) is 3.98. The fourth-order valence-corrected chi connectivity index (χ4v) is 1.87. The minimum Gasteiger partial charge on any atom is -0.478 e. The molecule has 0 radical (unpaired) electrons. The maximum absolute atomic E-state index is 13.6. The SMILES string of the molecule is [N-]=[N+]=NCC1COC(=O)N1c1ccc(C(=O)O)c(F)c1. The number of amides is 1. The molecule has 2 rings (SSSR count). The van der Waals surface area contributed by atoms with Crippen LogP contribution in [-0.4, -0.2) is 36.4 Å². The lowest BCUT2D eigenvalue weighted by molar-refractivity contribution is 0.0692. The van der Waals surface area contributed by atoms with E-state index in [-0.39, 0.29) is 18.8 Å². The minimum absolute atomic E-state index is 0.0140. The molecular formula is C11H9FN4O4. The van der Waals surface area contributed by atoms with Crippen molar-refractivity contribution < 1.29 is 23.8 Å². The van der Waals surface area contributed by atoms with Gasteiger partial charge < -0.3 is 9.84 Å². The van der Waals surface area contributed by atoms with Gasteiger partial charge in [0.2, 0.25) is 0 Å². The highest BCUT2D eigenvalue weighted by Crippen LogP contribution is 2.25. The summed E-state index contributed by atoms with van der Waals surface area (Å²) in [5.74, 6) is -2.36. The van der Waals surface area contributed by atoms with Crippen LogP contribution >= 0.6 is 0 Å². The number of hydrogen-bond donors (Lipinski definition) is 1. The number of cyclic esters (lactones) is 1. The van der Waals surface area contributed by atoms with Crippen LogP contribution in [0.5, 0.6) is 0 Å². The molecule has 1 aliphatic rings. The third-order valence-electron chi connectivity index (χ3n) is 2.78. The van der Waals surface area contributed by atoms with Gasteiger partial charge in [0.25, 0.3) is 0 Å². The van der Waals surface area contributed by atoms with E-state index in [1.54, 1.807) is 0 Å². The molecule has 1 amide bonds. The highest BCUT2D eigenvalue weighted by molar-refractivity contribution is 5.92. The first-order valence-electron chi connectivity index (χ1n) is 5.54. The molecule has 104 valence electrons. The van der Waals surface area contributed by atoms with Crippen LogP contribution < -0.4 is 4.90 Å². The number of carboxylic acid groups (broad SMARTS) is 1. The summed E-state index contributed by atoms with van der Waals surface area (Å²) in [4.78, 5) is 26.0. The Morgan fingerprint density at radius 2 is 2.40 bits per heavy atom. The first kappa shape index (κ1) is 13.6. The second-order valence-electron chi connectivity index (χ2n) is 3.98. The van der Waals surface area contributed by atoms with Gasteiger partial charge in [-0.25, -0.2) is 14.0 Å². The Balaban J connectivity index is 2.33. The van der Waals surface area contributed by atoms with Crippen molar-refractivity contribution in [2.75, 3.05) is 18.1 Å². The van der Waals surface area contributed by atoms with E-state index >= 15 is 0 Å². The van der Waals surface area contributed by atoms with Gasteiger partial charge in [0.1, 0.15) is 12.4 Å². The standard InChI is InChI=1S/C11H9FN4O4/c12-9-3-6(1-2-8(9)10(17)18)16-7(4-14-15-13)5-20-11(16)19/h1-3,7H,4-5H2,(H,17,18). The van der Waals surface area contributed by atoms with Crippen LogP contribution in [0.1, 0.15) is 10.4 Å². The molecule has 1 fully saturated rings. The number of carboxylic acids is 1. The summed E-state index contributed by atoms with van der Waals surface area (Å²) in [7, 11) is 0. The normalized spacial score (nSPS) is 17.6. The van der Waals surface area contributed by atoms with Crippen LogP contribution in [-0.2, 0) is 4.74 Å². The Morgan fingerprint density at radius 1 is 1.65 bits per heavy atom. The van der Waals surface area contributed by atoms with Crippen molar-refractivity contribution in [3.63, 3.8) is 0 Å². The van der Waals surface area contributed by atoms with E-state index in [4.69, 9.17) is 15.4 Å². The van der Waals surface area contributed by atoms with Crippen LogP contribution in [0.25, 0.3) is 10.4 Å². The zero-order valence-corrected chi connectivity index (χ0v) is 10.1. The lowest BCUT2D eigenvalue weighted by atomic mass is 10.1. The number of nitrogens with zero attached hydrogens (tertiary/aromatic N) is 4. The van der Waals surface area contributed by atoms with Crippen molar-refractivity contribution in [2.24, 2.45) is 5.11 Å². The summed E-state index contributed by atoms with van der Waals surface area (Å²) in [6, 6.07) is 2.73. The molecule has 1 unspecified atom stereocenters. The molecule has 0 aromatic heterocycles. The van der Waals surface area contributed by atoms with Crippen LogP contribution in [0.2, 0.25) is 0 Å².